The van der Waals surface area contributed by atoms with Gasteiger partial charge in [-0.05, 0) is 32.0 Å². The predicted octanol–water partition coefficient (Wildman–Crippen LogP) is 3.06. The Balaban J connectivity index is 1.54. The Kier molecular flexibility index (Phi) is 7.50. The Morgan fingerprint density at radius 1 is 1.09 bits per heavy atom. The van der Waals surface area contributed by atoms with Crippen LogP contribution in [0.25, 0.3) is 11.3 Å². The number of carbonyl (C=O) groups excluding carboxylic acids is 2. The van der Waals surface area contributed by atoms with Crippen molar-refractivity contribution >= 4 is 17.5 Å². The molecule has 0 spiro atoms. The van der Waals surface area contributed by atoms with Gasteiger partial charge in [0.25, 0.3) is 0 Å². The van der Waals surface area contributed by atoms with E-state index in [4.69, 9.17) is 18.6 Å². The standard InChI is InChI=1S/C23H26N4O6/c1-23(2,8-10-32-16-7-9-25-20(12-16)31-4)27-22(29)21(28)26-15-5-6-17(18(11-15)30-3)19-13-24-14-33-19/h5-7,9,11-14H,8,10H2,1-4H3,(H,26,28)(H,27,29). The van der Waals surface area contributed by atoms with Crippen molar-refractivity contribution in [3.8, 4) is 28.7 Å². The molecule has 1 aromatic carbocycles. The van der Waals surface area contributed by atoms with E-state index in [9.17, 15) is 9.59 Å². The molecule has 10 heteroatoms. The SMILES string of the molecule is COc1cc(OCCC(C)(C)NC(=O)C(=O)Nc2ccc(-c3cnco3)c(OC)c2)ccn1. The van der Waals surface area contributed by atoms with Crippen LogP contribution >= 0.6 is 0 Å². The van der Waals surface area contributed by atoms with Crippen molar-refractivity contribution in [1.29, 1.82) is 0 Å². The maximum absolute atomic E-state index is 12.4. The molecule has 2 aromatic heterocycles. The van der Waals surface area contributed by atoms with E-state index in [0.29, 0.717) is 47.4 Å². The van der Waals surface area contributed by atoms with Crippen molar-refractivity contribution in [3.05, 3.63) is 49.1 Å². The third-order valence-electron chi connectivity index (χ3n) is 4.73. The van der Waals surface area contributed by atoms with Crippen LogP contribution in [-0.2, 0) is 9.59 Å². The van der Waals surface area contributed by atoms with Gasteiger partial charge in [-0.3, -0.25) is 9.59 Å². The number of benzene rings is 1. The number of rotatable bonds is 9. The summed E-state index contributed by atoms with van der Waals surface area (Å²) in [5.74, 6) is 0.486. The molecule has 0 fully saturated rings. The minimum absolute atomic E-state index is 0.322. The van der Waals surface area contributed by atoms with Crippen LogP contribution in [0.4, 0.5) is 5.69 Å². The van der Waals surface area contributed by atoms with Gasteiger partial charge in [-0.15, -0.1) is 0 Å². The number of amides is 2. The van der Waals surface area contributed by atoms with Crippen molar-refractivity contribution in [3.63, 3.8) is 0 Å². The molecule has 0 radical (unpaired) electrons. The van der Waals surface area contributed by atoms with E-state index >= 15 is 0 Å². The molecule has 2 heterocycles. The lowest BCUT2D eigenvalue weighted by atomic mass is 10.0. The first kappa shape index (κ1) is 23.6. The fourth-order valence-corrected chi connectivity index (χ4v) is 2.95. The molecule has 33 heavy (non-hydrogen) atoms. The average molecular weight is 454 g/mol. The van der Waals surface area contributed by atoms with Gasteiger partial charge < -0.3 is 29.3 Å². The number of hydrogen-bond acceptors (Lipinski definition) is 8. The second-order valence-corrected chi connectivity index (χ2v) is 7.71. The molecule has 0 aliphatic rings. The maximum atomic E-state index is 12.4. The zero-order valence-electron chi connectivity index (χ0n) is 18.9. The van der Waals surface area contributed by atoms with E-state index in [1.807, 2.05) is 13.8 Å². The molecular weight excluding hydrogens is 428 g/mol. The highest BCUT2D eigenvalue weighted by Crippen LogP contribution is 2.32. The Morgan fingerprint density at radius 2 is 1.91 bits per heavy atom. The van der Waals surface area contributed by atoms with Crippen LogP contribution in [0.1, 0.15) is 20.3 Å². The monoisotopic (exact) mass is 454 g/mol. The molecule has 0 bridgehead atoms. The smallest absolute Gasteiger partial charge is 0.313 e. The summed E-state index contributed by atoms with van der Waals surface area (Å²) in [5, 5.41) is 5.30. The molecule has 3 rings (SSSR count). The van der Waals surface area contributed by atoms with E-state index in [1.54, 1.807) is 42.7 Å². The van der Waals surface area contributed by atoms with Gasteiger partial charge in [0.05, 0.1) is 32.6 Å². The highest BCUT2D eigenvalue weighted by Gasteiger charge is 2.25. The first-order valence-corrected chi connectivity index (χ1v) is 10.1. The third kappa shape index (κ3) is 6.45. The first-order valence-electron chi connectivity index (χ1n) is 10.1. The molecule has 174 valence electrons. The normalized spacial score (nSPS) is 10.9. The maximum Gasteiger partial charge on any atom is 0.313 e. The Hall–Kier alpha value is -4.08. The van der Waals surface area contributed by atoms with Gasteiger partial charge in [0, 0.05) is 36.0 Å². The summed E-state index contributed by atoms with van der Waals surface area (Å²) >= 11 is 0. The number of methoxy groups -OCH3 is 2. The molecule has 0 aliphatic heterocycles. The number of hydrogen-bond donors (Lipinski definition) is 2. The summed E-state index contributed by atoms with van der Waals surface area (Å²) in [5.41, 5.74) is 0.396. The Bertz CT molecular complexity index is 1100. The fraction of sp³-hybridized carbons (Fsp3) is 0.304. The molecule has 0 saturated carbocycles. The minimum atomic E-state index is -0.794. The van der Waals surface area contributed by atoms with Gasteiger partial charge in [-0.1, -0.05) is 0 Å². The van der Waals surface area contributed by atoms with Crippen LogP contribution in [0.3, 0.4) is 0 Å². The number of nitrogens with zero attached hydrogens (tertiary/aromatic N) is 2. The van der Waals surface area contributed by atoms with Crippen LogP contribution in [-0.4, -0.2) is 48.1 Å². The number of aromatic nitrogens is 2. The highest BCUT2D eigenvalue weighted by atomic mass is 16.5. The predicted molar refractivity (Wildman–Crippen MR) is 120 cm³/mol. The van der Waals surface area contributed by atoms with Crippen LogP contribution in [0.2, 0.25) is 0 Å². The van der Waals surface area contributed by atoms with Crippen LogP contribution in [0.5, 0.6) is 17.4 Å². The zero-order chi connectivity index (χ0) is 23.8. The Labute approximate surface area is 191 Å². The lowest BCUT2D eigenvalue weighted by Crippen LogP contribution is -2.48. The van der Waals surface area contributed by atoms with Gasteiger partial charge in [-0.25, -0.2) is 9.97 Å². The van der Waals surface area contributed by atoms with E-state index < -0.39 is 17.4 Å². The summed E-state index contributed by atoms with van der Waals surface area (Å²) in [6, 6.07) is 8.34. The number of oxazole rings is 1. The quantitative estimate of drug-likeness (QED) is 0.473. The first-order chi connectivity index (χ1) is 15.8. The molecule has 2 amide bonds. The third-order valence-corrected chi connectivity index (χ3v) is 4.73. The van der Waals surface area contributed by atoms with Crippen LogP contribution in [0, 0.1) is 0 Å². The van der Waals surface area contributed by atoms with Crippen molar-refractivity contribution < 1.29 is 28.2 Å². The lowest BCUT2D eigenvalue weighted by molar-refractivity contribution is -0.137. The molecule has 2 N–H and O–H groups in total. The second-order valence-electron chi connectivity index (χ2n) is 7.71. The highest BCUT2D eigenvalue weighted by molar-refractivity contribution is 6.39. The van der Waals surface area contributed by atoms with Gasteiger partial charge in [0.1, 0.15) is 11.5 Å². The molecule has 10 nitrogen and oxygen atoms in total. The molecule has 0 unspecified atom stereocenters. The molecule has 0 aliphatic carbocycles. The van der Waals surface area contributed by atoms with Crippen LogP contribution in [0.15, 0.2) is 53.5 Å². The Morgan fingerprint density at radius 3 is 2.61 bits per heavy atom. The van der Waals surface area contributed by atoms with Gasteiger partial charge in [0.2, 0.25) is 5.88 Å². The van der Waals surface area contributed by atoms with Crippen molar-refractivity contribution in [1.82, 2.24) is 15.3 Å². The molecule has 0 atom stereocenters. The van der Waals surface area contributed by atoms with E-state index in [1.165, 1.54) is 20.6 Å². The van der Waals surface area contributed by atoms with Gasteiger partial charge in [-0.2, -0.15) is 0 Å². The fourth-order valence-electron chi connectivity index (χ4n) is 2.95. The van der Waals surface area contributed by atoms with Gasteiger partial charge >= 0.3 is 11.8 Å². The number of anilines is 1. The van der Waals surface area contributed by atoms with Crippen molar-refractivity contribution in [2.24, 2.45) is 0 Å². The zero-order valence-corrected chi connectivity index (χ0v) is 18.9. The number of pyridine rings is 1. The summed E-state index contributed by atoms with van der Waals surface area (Å²) in [7, 11) is 3.02. The van der Waals surface area contributed by atoms with Gasteiger partial charge in [0.15, 0.2) is 12.2 Å². The average Bonchev–Trinajstić information content (AvgIpc) is 3.33. The van der Waals surface area contributed by atoms with Crippen LogP contribution < -0.4 is 24.8 Å². The van der Waals surface area contributed by atoms with Crippen molar-refractivity contribution in [2.45, 2.75) is 25.8 Å². The van der Waals surface area contributed by atoms with E-state index in [0.717, 1.165) is 0 Å². The van der Waals surface area contributed by atoms with Crippen molar-refractivity contribution in [2.75, 3.05) is 26.1 Å². The molecular formula is C23H26N4O6. The molecule has 3 aromatic rings. The topological polar surface area (TPSA) is 125 Å². The number of carbonyl (C=O) groups is 2. The second kappa shape index (κ2) is 10.5. The summed E-state index contributed by atoms with van der Waals surface area (Å²) < 4.78 is 21.4. The lowest BCUT2D eigenvalue weighted by Gasteiger charge is -2.26. The summed E-state index contributed by atoms with van der Waals surface area (Å²) in [6.07, 6.45) is 4.92. The summed E-state index contributed by atoms with van der Waals surface area (Å²) in [6.45, 7) is 3.94. The van der Waals surface area contributed by atoms with E-state index in [2.05, 4.69) is 20.6 Å². The van der Waals surface area contributed by atoms with E-state index in [-0.39, 0.29) is 0 Å². The number of ether oxygens (including phenoxy) is 3. The summed E-state index contributed by atoms with van der Waals surface area (Å²) in [4.78, 5) is 32.8. The largest absolute Gasteiger partial charge is 0.496 e. The number of nitrogens with one attached hydrogen (secondary N) is 2. The molecule has 0 saturated heterocycles. The minimum Gasteiger partial charge on any atom is -0.496 e.